The fourth-order valence-corrected chi connectivity index (χ4v) is 2.00. The topological polar surface area (TPSA) is 59.4 Å². The minimum atomic E-state index is -1.31. The second-order valence-corrected chi connectivity index (χ2v) is 5.35. The molecular formula is C16H16ClNO3. The van der Waals surface area contributed by atoms with Crippen LogP contribution in [0.5, 0.6) is 5.75 Å². The van der Waals surface area contributed by atoms with Crippen LogP contribution in [0.4, 0.5) is 0 Å². The van der Waals surface area contributed by atoms with E-state index in [1.54, 1.807) is 37.4 Å². The van der Waals surface area contributed by atoms with E-state index in [9.17, 15) is 9.90 Å². The molecule has 0 saturated carbocycles. The van der Waals surface area contributed by atoms with Crippen LogP contribution in [0.1, 0.15) is 19.0 Å². The average molecular weight is 306 g/mol. The minimum absolute atomic E-state index is 0.321. The predicted molar refractivity (Wildman–Crippen MR) is 80.7 cm³/mol. The van der Waals surface area contributed by atoms with Gasteiger partial charge in [0.15, 0.2) is 0 Å². The zero-order valence-electron chi connectivity index (χ0n) is 11.6. The van der Waals surface area contributed by atoms with E-state index in [0.717, 1.165) is 5.69 Å². The molecule has 0 fully saturated rings. The standard InChI is InChI=1S/C16H16ClNO3/c1-16(15(19)20,10-9-13-4-2-3-11-18-13)21-14-7-5-12(17)6-8-14/h2-8,11H,9-10H2,1H3,(H,19,20). The van der Waals surface area contributed by atoms with E-state index in [-0.39, 0.29) is 0 Å². The van der Waals surface area contributed by atoms with Gasteiger partial charge in [0.05, 0.1) is 0 Å². The third kappa shape index (κ3) is 4.20. The smallest absolute Gasteiger partial charge is 0.347 e. The summed E-state index contributed by atoms with van der Waals surface area (Å²) in [6.45, 7) is 1.56. The number of aliphatic carboxylic acids is 1. The number of carbonyl (C=O) groups is 1. The molecule has 1 aromatic carbocycles. The van der Waals surface area contributed by atoms with Crippen LogP contribution in [0.3, 0.4) is 0 Å². The van der Waals surface area contributed by atoms with E-state index in [0.29, 0.717) is 23.6 Å². The number of aryl methyl sites for hydroxylation is 1. The lowest BCUT2D eigenvalue weighted by Crippen LogP contribution is -2.42. The Morgan fingerprint density at radius 3 is 2.57 bits per heavy atom. The van der Waals surface area contributed by atoms with Crippen molar-refractivity contribution >= 4 is 17.6 Å². The van der Waals surface area contributed by atoms with Crippen LogP contribution in [0.25, 0.3) is 0 Å². The van der Waals surface area contributed by atoms with Crippen molar-refractivity contribution in [3.63, 3.8) is 0 Å². The van der Waals surface area contributed by atoms with E-state index in [4.69, 9.17) is 16.3 Å². The second-order valence-electron chi connectivity index (χ2n) is 4.91. The SMILES string of the molecule is CC(CCc1ccccn1)(Oc1ccc(Cl)cc1)C(=O)O. The number of hydrogen-bond donors (Lipinski definition) is 1. The molecule has 4 nitrogen and oxygen atoms in total. The molecule has 5 heteroatoms. The molecule has 110 valence electrons. The quantitative estimate of drug-likeness (QED) is 0.886. The van der Waals surface area contributed by atoms with Gasteiger partial charge in [-0.15, -0.1) is 0 Å². The zero-order chi connectivity index (χ0) is 15.3. The number of ether oxygens (including phenoxy) is 1. The maximum Gasteiger partial charge on any atom is 0.347 e. The minimum Gasteiger partial charge on any atom is -0.478 e. The molecule has 1 atom stereocenters. The van der Waals surface area contributed by atoms with Gasteiger partial charge in [0.2, 0.25) is 5.60 Å². The van der Waals surface area contributed by atoms with Gasteiger partial charge in [-0.25, -0.2) is 4.79 Å². The van der Waals surface area contributed by atoms with Crippen LogP contribution in [0.15, 0.2) is 48.7 Å². The van der Waals surface area contributed by atoms with Gasteiger partial charge in [0, 0.05) is 23.3 Å². The molecule has 2 rings (SSSR count). The Bertz CT molecular complexity index is 601. The summed E-state index contributed by atoms with van der Waals surface area (Å²) in [6, 6.07) is 12.2. The molecule has 1 N–H and O–H groups in total. The van der Waals surface area contributed by atoms with E-state index in [2.05, 4.69) is 4.98 Å². The van der Waals surface area contributed by atoms with Crippen molar-refractivity contribution in [2.24, 2.45) is 0 Å². The number of rotatable bonds is 6. The van der Waals surface area contributed by atoms with Crippen molar-refractivity contribution < 1.29 is 14.6 Å². The molecule has 1 heterocycles. The predicted octanol–water partition coefficient (Wildman–Crippen LogP) is 3.59. The van der Waals surface area contributed by atoms with Crippen molar-refractivity contribution in [1.82, 2.24) is 4.98 Å². The molecule has 0 bridgehead atoms. The van der Waals surface area contributed by atoms with Crippen molar-refractivity contribution in [2.75, 3.05) is 0 Å². The molecule has 0 aliphatic rings. The highest BCUT2D eigenvalue weighted by atomic mass is 35.5. The molecular weight excluding hydrogens is 290 g/mol. The first-order valence-corrected chi connectivity index (χ1v) is 6.95. The number of aromatic nitrogens is 1. The average Bonchev–Trinajstić information content (AvgIpc) is 2.48. The molecule has 0 amide bonds. The van der Waals surface area contributed by atoms with Gasteiger partial charge in [-0.1, -0.05) is 17.7 Å². The van der Waals surface area contributed by atoms with Gasteiger partial charge < -0.3 is 9.84 Å². The lowest BCUT2D eigenvalue weighted by atomic mass is 9.98. The van der Waals surface area contributed by atoms with Crippen LogP contribution in [-0.2, 0) is 11.2 Å². The lowest BCUT2D eigenvalue weighted by Gasteiger charge is -2.26. The molecule has 0 spiro atoms. The fourth-order valence-electron chi connectivity index (χ4n) is 1.88. The van der Waals surface area contributed by atoms with Gasteiger partial charge in [-0.3, -0.25) is 4.98 Å². The summed E-state index contributed by atoms with van der Waals surface area (Å²) >= 11 is 5.81. The molecule has 1 aromatic heterocycles. The third-order valence-corrected chi connectivity index (χ3v) is 3.45. The molecule has 2 aromatic rings. The molecule has 0 saturated heterocycles. The van der Waals surface area contributed by atoms with Crippen LogP contribution in [-0.4, -0.2) is 21.7 Å². The molecule has 0 aliphatic heterocycles. The number of hydrogen-bond acceptors (Lipinski definition) is 3. The maximum atomic E-state index is 11.5. The second kappa shape index (κ2) is 6.59. The normalized spacial score (nSPS) is 13.4. The number of carboxylic acids is 1. The van der Waals surface area contributed by atoms with E-state index in [1.165, 1.54) is 0 Å². The Labute approximate surface area is 128 Å². The zero-order valence-corrected chi connectivity index (χ0v) is 12.4. The van der Waals surface area contributed by atoms with E-state index >= 15 is 0 Å². The van der Waals surface area contributed by atoms with Gasteiger partial charge in [0.25, 0.3) is 0 Å². The highest BCUT2D eigenvalue weighted by molar-refractivity contribution is 6.30. The number of benzene rings is 1. The van der Waals surface area contributed by atoms with Gasteiger partial charge in [0.1, 0.15) is 5.75 Å². The summed E-state index contributed by atoms with van der Waals surface area (Å²) in [4.78, 5) is 15.7. The summed E-state index contributed by atoms with van der Waals surface area (Å²) < 4.78 is 5.65. The molecule has 0 aliphatic carbocycles. The Morgan fingerprint density at radius 1 is 1.29 bits per heavy atom. The largest absolute Gasteiger partial charge is 0.478 e. The third-order valence-electron chi connectivity index (χ3n) is 3.19. The summed E-state index contributed by atoms with van der Waals surface area (Å²) in [5.41, 5.74) is -0.476. The Balaban J connectivity index is 2.09. The summed E-state index contributed by atoms with van der Waals surface area (Å²) in [6.07, 6.45) is 2.53. The van der Waals surface area contributed by atoms with Crippen LogP contribution < -0.4 is 4.74 Å². The van der Waals surface area contributed by atoms with Crippen molar-refractivity contribution in [2.45, 2.75) is 25.4 Å². The van der Waals surface area contributed by atoms with Gasteiger partial charge in [-0.05, 0) is 49.7 Å². The van der Waals surface area contributed by atoms with Crippen LogP contribution >= 0.6 is 11.6 Å². The molecule has 1 unspecified atom stereocenters. The number of pyridine rings is 1. The Morgan fingerprint density at radius 2 is 2.00 bits per heavy atom. The summed E-state index contributed by atoms with van der Waals surface area (Å²) in [5.74, 6) is -0.529. The van der Waals surface area contributed by atoms with E-state index in [1.807, 2.05) is 18.2 Å². The van der Waals surface area contributed by atoms with Crippen LogP contribution in [0, 0.1) is 0 Å². The number of halogens is 1. The van der Waals surface area contributed by atoms with Crippen molar-refractivity contribution in [3.05, 3.63) is 59.4 Å². The van der Waals surface area contributed by atoms with Crippen LogP contribution in [0.2, 0.25) is 5.02 Å². The highest BCUT2D eigenvalue weighted by Crippen LogP contribution is 2.24. The first kappa shape index (κ1) is 15.3. The number of carboxylic acid groups (broad SMARTS) is 1. The summed E-state index contributed by atoms with van der Waals surface area (Å²) in [5, 5.41) is 10.0. The van der Waals surface area contributed by atoms with Crippen molar-refractivity contribution in [1.29, 1.82) is 0 Å². The van der Waals surface area contributed by atoms with Gasteiger partial charge in [-0.2, -0.15) is 0 Å². The first-order valence-electron chi connectivity index (χ1n) is 6.57. The lowest BCUT2D eigenvalue weighted by molar-refractivity contribution is -0.154. The highest BCUT2D eigenvalue weighted by Gasteiger charge is 2.35. The van der Waals surface area contributed by atoms with E-state index < -0.39 is 11.6 Å². The monoisotopic (exact) mass is 305 g/mol. The summed E-state index contributed by atoms with van der Waals surface area (Å²) in [7, 11) is 0. The Kier molecular flexibility index (Phi) is 4.81. The number of nitrogens with zero attached hydrogens (tertiary/aromatic N) is 1. The molecule has 0 radical (unpaired) electrons. The van der Waals surface area contributed by atoms with Crippen molar-refractivity contribution in [3.8, 4) is 5.75 Å². The van der Waals surface area contributed by atoms with Gasteiger partial charge >= 0.3 is 5.97 Å². The fraction of sp³-hybridized carbons (Fsp3) is 0.250. The molecule has 21 heavy (non-hydrogen) atoms. The maximum absolute atomic E-state index is 11.5. The Hall–Kier alpha value is -2.07. The first-order chi connectivity index (χ1) is 9.99.